The van der Waals surface area contributed by atoms with Crippen LogP contribution in [0.5, 0.6) is 0 Å². The van der Waals surface area contributed by atoms with E-state index in [1.165, 1.54) is 6.07 Å². The average Bonchev–Trinajstić information content (AvgIpc) is 2.37. The van der Waals surface area contributed by atoms with Gasteiger partial charge in [0.1, 0.15) is 0 Å². The number of aromatic nitrogens is 1. The van der Waals surface area contributed by atoms with E-state index in [9.17, 15) is 8.78 Å². The molecule has 0 radical (unpaired) electrons. The summed E-state index contributed by atoms with van der Waals surface area (Å²) < 4.78 is 26.2. The van der Waals surface area contributed by atoms with Gasteiger partial charge < -0.3 is 0 Å². The van der Waals surface area contributed by atoms with Gasteiger partial charge in [0.25, 0.3) is 6.43 Å². The molecule has 0 N–H and O–H groups in total. The van der Waals surface area contributed by atoms with Gasteiger partial charge in [-0.25, -0.2) is 8.78 Å². The van der Waals surface area contributed by atoms with Crippen LogP contribution in [0, 0.1) is 0 Å². The highest BCUT2D eigenvalue weighted by Crippen LogP contribution is 2.31. The van der Waals surface area contributed by atoms with Crippen LogP contribution in [0.15, 0.2) is 36.5 Å². The molecule has 19 heavy (non-hydrogen) atoms. The summed E-state index contributed by atoms with van der Waals surface area (Å²) >= 11 is 5.91. The Hall–Kier alpha value is -1.48. The van der Waals surface area contributed by atoms with E-state index in [1.807, 2.05) is 19.9 Å². The minimum atomic E-state index is -2.52. The first-order valence-electron chi connectivity index (χ1n) is 6.03. The number of alkyl halides is 2. The topological polar surface area (TPSA) is 12.9 Å². The first-order chi connectivity index (χ1) is 8.99. The third kappa shape index (κ3) is 3.10. The minimum absolute atomic E-state index is 0.00697. The van der Waals surface area contributed by atoms with Crippen LogP contribution in [0.4, 0.5) is 8.78 Å². The largest absolute Gasteiger partial charge is 0.265 e. The molecule has 1 nitrogen and oxygen atoms in total. The maximum Gasteiger partial charge on any atom is 0.265 e. The second-order valence-corrected chi connectivity index (χ2v) is 5.10. The number of rotatable bonds is 3. The molecule has 0 aliphatic carbocycles. The molecular weight excluding hydrogens is 268 g/mol. The molecule has 0 atom stereocenters. The van der Waals surface area contributed by atoms with Gasteiger partial charge in [0.15, 0.2) is 0 Å². The lowest BCUT2D eigenvalue weighted by Crippen LogP contribution is -2.01. The molecule has 0 saturated heterocycles. The van der Waals surface area contributed by atoms with Crippen LogP contribution >= 0.6 is 11.6 Å². The van der Waals surface area contributed by atoms with Crippen LogP contribution in [0.3, 0.4) is 0 Å². The van der Waals surface area contributed by atoms with E-state index >= 15 is 0 Å². The number of halogens is 3. The fourth-order valence-electron chi connectivity index (χ4n) is 1.98. The van der Waals surface area contributed by atoms with Gasteiger partial charge in [-0.05, 0) is 29.7 Å². The van der Waals surface area contributed by atoms with Gasteiger partial charge in [-0.15, -0.1) is 0 Å². The lowest BCUT2D eigenvalue weighted by Gasteiger charge is -2.13. The summed E-state index contributed by atoms with van der Waals surface area (Å²) in [6.07, 6.45) is -0.906. The molecule has 100 valence electrons. The van der Waals surface area contributed by atoms with Gasteiger partial charge in [-0.2, -0.15) is 0 Å². The van der Waals surface area contributed by atoms with E-state index in [1.54, 1.807) is 24.4 Å². The van der Waals surface area contributed by atoms with Crippen molar-refractivity contribution >= 4 is 11.6 Å². The average molecular weight is 282 g/mol. The molecule has 0 aliphatic rings. The van der Waals surface area contributed by atoms with Crippen LogP contribution in [0.2, 0.25) is 5.02 Å². The van der Waals surface area contributed by atoms with Crippen molar-refractivity contribution in [1.82, 2.24) is 4.98 Å². The normalized spacial score (nSPS) is 11.3. The van der Waals surface area contributed by atoms with Crippen molar-refractivity contribution in [3.8, 4) is 11.1 Å². The van der Waals surface area contributed by atoms with Gasteiger partial charge >= 0.3 is 0 Å². The first-order valence-corrected chi connectivity index (χ1v) is 6.40. The highest BCUT2D eigenvalue weighted by molar-refractivity contribution is 6.30. The predicted molar refractivity (Wildman–Crippen MR) is 73.7 cm³/mol. The van der Waals surface area contributed by atoms with Crippen molar-refractivity contribution < 1.29 is 8.78 Å². The summed E-state index contributed by atoms with van der Waals surface area (Å²) in [6, 6.07) is 8.60. The predicted octanol–water partition coefficient (Wildman–Crippen LogP) is 5.46. The van der Waals surface area contributed by atoms with Crippen molar-refractivity contribution in [2.24, 2.45) is 0 Å². The highest BCUT2D eigenvalue weighted by Gasteiger charge is 2.17. The maximum atomic E-state index is 13.1. The van der Waals surface area contributed by atoms with Gasteiger partial charge in [-0.1, -0.05) is 37.6 Å². The zero-order valence-electron chi connectivity index (χ0n) is 10.7. The van der Waals surface area contributed by atoms with Crippen LogP contribution in [-0.4, -0.2) is 4.98 Å². The van der Waals surface area contributed by atoms with Crippen molar-refractivity contribution in [3.05, 3.63) is 52.8 Å². The molecule has 0 fully saturated rings. The van der Waals surface area contributed by atoms with Crippen molar-refractivity contribution in [2.45, 2.75) is 26.2 Å². The molecular formula is C15H14ClF2N. The van der Waals surface area contributed by atoms with Crippen molar-refractivity contribution in [2.75, 3.05) is 0 Å². The summed E-state index contributed by atoms with van der Waals surface area (Å²) in [5, 5.41) is 0.573. The number of pyridine rings is 1. The van der Waals surface area contributed by atoms with E-state index in [0.717, 1.165) is 5.56 Å². The SMILES string of the molecule is CC(C)c1ncc(-c2cccc(Cl)c2)cc1C(F)F. The minimum Gasteiger partial charge on any atom is -0.260 e. The molecule has 2 aromatic rings. The Morgan fingerprint density at radius 1 is 1.11 bits per heavy atom. The van der Waals surface area contributed by atoms with E-state index in [2.05, 4.69) is 4.98 Å². The van der Waals surface area contributed by atoms with E-state index in [-0.39, 0.29) is 11.5 Å². The fraction of sp³-hybridized carbons (Fsp3) is 0.267. The van der Waals surface area contributed by atoms with Crippen LogP contribution < -0.4 is 0 Å². The second kappa shape index (κ2) is 5.66. The fourth-order valence-corrected chi connectivity index (χ4v) is 2.17. The number of hydrogen-bond donors (Lipinski definition) is 0. The third-order valence-electron chi connectivity index (χ3n) is 2.89. The van der Waals surface area contributed by atoms with Gasteiger partial charge in [0.05, 0.1) is 5.69 Å². The lowest BCUT2D eigenvalue weighted by atomic mass is 9.99. The smallest absolute Gasteiger partial charge is 0.260 e. The van der Waals surface area contributed by atoms with Gasteiger partial charge in [0.2, 0.25) is 0 Å². The monoisotopic (exact) mass is 281 g/mol. The lowest BCUT2D eigenvalue weighted by molar-refractivity contribution is 0.149. The summed E-state index contributed by atoms with van der Waals surface area (Å²) in [5.74, 6) is -0.0302. The standard InChI is InChI=1S/C15H14ClF2N/c1-9(2)14-13(15(17)18)7-11(8-19-14)10-4-3-5-12(16)6-10/h3-9,15H,1-2H3. The summed E-state index contributed by atoms with van der Waals surface area (Å²) in [7, 11) is 0. The summed E-state index contributed by atoms with van der Waals surface area (Å²) in [6.45, 7) is 3.71. The van der Waals surface area contributed by atoms with E-state index < -0.39 is 6.43 Å². The van der Waals surface area contributed by atoms with Crippen molar-refractivity contribution in [1.29, 1.82) is 0 Å². The van der Waals surface area contributed by atoms with E-state index in [0.29, 0.717) is 16.3 Å². The Bertz CT molecular complexity index is 582. The highest BCUT2D eigenvalue weighted by atomic mass is 35.5. The molecule has 1 heterocycles. The summed E-state index contributed by atoms with van der Waals surface area (Å²) in [5.41, 5.74) is 1.88. The molecule has 2 rings (SSSR count). The quantitative estimate of drug-likeness (QED) is 0.727. The van der Waals surface area contributed by atoms with Crippen LogP contribution in [-0.2, 0) is 0 Å². The zero-order chi connectivity index (χ0) is 14.0. The van der Waals surface area contributed by atoms with Gasteiger partial charge in [0, 0.05) is 22.3 Å². The molecule has 1 aromatic carbocycles. The molecule has 1 aromatic heterocycles. The van der Waals surface area contributed by atoms with Gasteiger partial charge in [-0.3, -0.25) is 4.98 Å². The number of benzene rings is 1. The Kier molecular flexibility index (Phi) is 4.15. The molecule has 0 spiro atoms. The Morgan fingerprint density at radius 2 is 1.84 bits per heavy atom. The van der Waals surface area contributed by atoms with Crippen LogP contribution in [0.25, 0.3) is 11.1 Å². The molecule has 0 unspecified atom stereocenters. The summed E-state index contributed by atoms with van der Waals surface area (Å²) in [4.78, 5) is 4.18. The molecule has 0 amide bonds. The van der Waals surface area contributed by atoms with Crippen LogP contribution in [0.1, 0.15) is 37.4 Å². The third-order valence-corrected chi connectivity index (χ3v) is 3.12. The number of nitrogens with zero attached hydrogens (tertiary/aromatic N) is 1. The molecule has 0 aliphatic heterocycles. The second-order valence-electron chi connectivity index (χ2n) is 4.66. The molecule has 0 bridgehead atoms. The Balaban J connectivity index is 2.52. The Labute approximate surface area is 116 Å². The van der Waals surface area contributed by atoms with E-state index in [4.69, 9.17) is 11.6 Å². The number of hydrogen-bond acceptors (Lipinski definition) is 1. The Morgan fingerprint density at radius 3 is 2.42 bits per heavy atom. The molecule has 4 heteroatoms. The zero-order valence-corrected chi connectivity index (χ0v) is 11.5. The molecule has 0 saturated carbocycles. The maximum absolute atomic E-state index is 13.1. The first kappa shape index (κ1) is 13.9. The van der Waals surface area contributed by atoms with Crippen molar-refractivity contribution in [3.63, 3.8) is 0 Å².